The van der Waals surface area contributed by atoms with Crippen LogP contribution < -0.4 is 0 Å². The number of carbonyl (C=O) groups is 1. The topological polar surface area (TPSA) is 40.5 Å². The Kier molecular flexibility index (Phi) is 5.38. The predicted molar refractivity (Wildman–Crippen MR) is 84.2 cm³/mol. The molecule has 4 heteroatoms. The molecule has 2 rings (SSSR count). The van der Waals surface area contributed by atoms with Crippen LogP contribution >= 0.6 is 15.9 Å². The summed E-state index contributed by atoms with van der Waals surface area (Å²) in [5.41, 5.74) is 0.991. The van der Waals surface area contributed by atoms with Gasteiger partial charge in [0.15, 0.2) is 0 Å². The number of likely N-dealkylation sites (tertiary alicyclic amines) is 1. The van der Waals surface area contributed by atoms with Crippen molar-refractivity contribution in [2.75, 3.05) is 13.1 Å². The minimum Gasteiger partial charge on any atom is -0.393 e. The van der Waals surface area contributed by atoms with E-state index < -0.39 is 0 Å². The fourth-order valence-corrected chi connectivity index (χ4v) is 2.90. The normalized spacial score (nSPS) is 21.1. The van der Waals surface area contributed by atoms with Crippen molar-refractivity contribution in [1.29, 1.82) is 0 Å². The van der Waals surface area contributed by atoms with E-state index in [-0.39, 0.29) is 17.9 Å². The van der Waals surface area contributed by atoms with Crippen molar-refractivity contribution in [3.8, 4) is 0 Å². The lowest BCUT2D eigenvalue weighted by Crippen LogP contribution is -2.42. The zero-order valence-electron chi connectivity index (χ0n) is 11.6. The molecule has 1 aliphatic heterocycles. The molecule has 0 aromatic heterocycles. The predicted octanol–water partition coefficient (Wildman–Crippen LogP) is 3.08. The number of carbonyl (C=O) groups excluding carboxylic acids is 1. The monoisotopic (exact) mass is 337 g/mol. The number of halogens is 1. The smallest absolute Gasteiger partial charge is 0.246 e. The van der Waals surface area contributed by atoms with E-state index in [2.05, 4.69) is 15.9 Å². The lowest BCUT2D eigenvalue weighted by atomic mass is 9.93. The fourth-order valence-electron chi connectivity index (χ4n) is 2.48. The van der Waals surface area contributed by atoms with Crippen LogP contribution in [0.15, 0.2) is 34.8 Å². The van der Waals surface area contributed by atoms with Gasteiger partial charge in [0.1, 0.15) is 0 Å². The highest BCUT2D eigenvalue weighted by Crippen LogP contribution is 2.21. The summed E-state index contributed by atoms with van der Waals surface area (Å²) in [6, 6.07) is 7.80. The van der Waals surface area contributed by atoms with Gasteiger partial charge in [-0.25, -0.2) is 0 Å². The summed E-state index contributed by atoms with van der Waals surface area (Å²) in [7, 11) is 0. The van der Waals surface area contributed by atoms with Crippen molar-refractivity contribution in [3.63, 3.8) is 0 Å². The van der Waals surface area contributed by atoms with Crippen molar-refractivity contribution in [2.24, 2.45) is 5.92 Å². The van der Waals surface area contributed by atoms with E-state index in [0.717, 1.165) is 29.4 Å². The van der Waals surface area contributed by atoms with Crippen LogP contribution in [0.2, 0.25) is 0 Å². The van der Waals surface area contributed by atoms with E-state index in [1.807, 2.05) is 35.2 Å². The van der Waals surface area contributed by atoms with Crippen LogP contribution in [-0.4, -0.2) is 35.1 Å². The Hall–Kier alpha value is -1.13. The molecule has 0 bridgehead atoms. The number of amides is 1. The van der Waals surface area contributed by atoms with Crippen molar-refractivity contribution in [3.05, 3.63) is 40.4 Å². The highest BCUT2D eigenvalue weighted by Gasteiger charge is 2.25. The molecule has 1 heterocycles. The molecule has 0 radical (unpaired) electrons. The van der Waals surface area contributed by atoms with Crippen molar-refractivity contribution >= 4 is 27.9 Å². The summed E-state index contributed by atoms with van der Waals surface area (Å²) in [6.45, 7) is 3.23. The molecule has 2 atom stereocenters. The van der Waals surface area contributed by atoms with Gasteiger partial charge < -0.3 is 10.0 Å². The van der Waals surface area contributed by atoms with Gasteiger partial charge in [0, 0.05) is 29.6 Å². The molecule has 1 amide bonds. The fraction of sp³-hybridized carbons (Fsp3) is 0.438. The average molecular weight is 338 g/mol. The number of benzene rings is 1. The first kappa shape index (κ1) is 15.3. The molecule has 2 unspecified atom stereocenters. The summed E-state index contributed by atoms with van der Waals surface area (Å²) < 4.78 is 0.976. The van der Waals surface area contributed by atoms with E-state index in [0.29, 0.717) is 6.54 Å². The van der Waals surface area contributed by atoms with Crippen LogP contribution in [0, 0.1) is 5.92 Å². The largest absolute Gasteiger partial charge is 0.393 e. The average Bonchev–Trinajstić information content (AvgIpc) is 2.46. The maximum atomic E-state index is 12.2. The molecule has 0 spiro atoms. The maximum absolute atomic E-state index is 12.2. The van der Waals surface area contributed by atoms with E-state index in [1.165, 1.54) is 0 Å². The van der Waals surface area contributed by atoms with Crippen molar-refractivity contribution in [2.45, 2.75) is 25.9 Å². The maximum Gasteiger partial charge on any atom is 0.246 e. The minimum atomic E-state index is -0.349. The molecule has 0 aliphatic carbocycles. The molecular weight excluding hydrogens is 318 g/mol. The Bertz CT molecular complexity index is 499. The van der Waals surface area contributed by atoms with Crippen LogP contribution in [-0.2, 0) is 4.79 Å². The number of hydrogen-bond acceptors (Lipinski definition) is 2. The number of rotatable bonds is 3. The first-order valence-corrected chi connectivity index (χ1v) is 7.77. The number of hydrogen-bond donors (Lipinski definition) is 1. The summed E-state index contributed by atoms with van der Waals surface area (Å²) in [5, 5.41) is 9.66. The van der Waals surface area contributed by atoms with Crippen molar-refractivity contribution in [1.82, 2.24) is 4.90 Å². The summed E-state index contributed by atoms with van der Waals surface area (Å²) >= 11 is 3.46. The molecule has 0 saturated carbocycles. The second kappa shape index (κ2) is 7.04. The van der Waals surface area contributed by atoms with Gasteiger partial charge in [0.2, 0.25) is 5.91 Å². The van der Waals surface area contributed by atoms with Crippen molar-refractivity contribution < 1.29 is 9.90 Å². The van der Waals surface area contributed by atoms with E-state index >= 15 is 0 Å². The molecule has 1 aromatic rings. The second-order valence-electron chi connectivity index (χ2n) is 5.28. The molecule has 108 valence electrons. The van der Waals surface area contributed by atoms with Gasteiger partial charge in [-0.15, -0.1) is 0 Å². The summed E-state index contributed by atoms with van der Waals surface area (Å²) in [6.07, 6.45) is 5.06. The quantitative estimate of drug-likeness (QED) is 0.861. The molecule has 3 nitrogen and oxygen atoms in total. The summed E-state index contributed by atoms with van der Waals surface area (Å²) in [5.74, 6) is 0.218. The second-order valence-corrected chi connectivity index (χ2v) is 6.14. The Morgan fingerprint density at radius 2 is 2.25 bits per heavy atom. The van der Waals surface area contributed by atoms with Crippen LogP contribution in [0.5, 0.6) is 0 Å². The Morgan fingerprint density at radius 3 is 2.95 bits per heavy atom. The van der Waals surface area contributed by atoms with E-state index in [4.69, 9.17) is 0 Å². The lowest BCUT2D eigenvalue weighted by molar-refractivity contribution is -0.128. The lowest BCUT2D eigenvalue weighted by Gasteiger charge is -2.33. The first-order chi connectivity index (χ1) is 9.58. The number of piperidine rings is 1. The van der Waals surface area contributed by atoms with Gasteiger partial charge in [-0.3, -0.25) is 4.79 Å². The molecule has 1 aliphatic rings. The Morgan fingerprint density at radius 1 is 1.50 bits per heavy atom. The SMILES string of the molecule is CC(O)C1CCCN(C(=O)/C=C/c2ccccc2Br)C1. The third-order valence-electron chi connectivity index (χ3n) is 3.76. The first-order valence-electron chi connectivity index (χ1n) is 6.97. The van der Waals surface area contributed by atoms with Gasteiger partial charge in [0.05, 0.1) is 6.10 Å². The molecular formula is C16H20BrNO2. The Labute approximate surface area is 128 Å². The minimum absolute atomic E-state index is 0.0195. The van der Waals surface area contributed by atoms with E-state index in [1.54, 1.807) is 13.0 Å². The molecule has 1 aromatic carbocycles. The third-order valence-corrected chi connectivity index (χ3v) is 4.48. The molecule has 1 fully saturated rings. The van der Waals surface area contributed by atoms with Crippen LogP contribution in [0.1, 0.15) is 25.3 Å². The van der Waals surface area contributed by atoms with Gasteiger partial charge in [-0.2, -0.15) is 0 Å². The zero-order chi connectivity index (χ0) is 14.5. The molecule has 1 N–H and O–H groups in total. The Balaban J connectivity index is 1.99. The van der Waals surface area contributed by atoms with Gasteiger partial charge in [-0.05, 0) is 37.5 Å². The van der Waals surface area contributed by atoms with Crippen LogP contribution in [0.3, 0.4) is 0 Å². The van der Waals surface area contributed by atoms with Gasteiger partial charge >= 0.3 is 0 Å². The van der Waals surface area contributed by atoms with Crippen LogP contribution in [0.4, 0.5) is 0 Å². The highest BCUT2D eigenvalue weighted by atomic mass is 79.9. The summed E-state index contributed by atoms with van der Waals surface area (Å²) in [4.78, 5) is 14.0. The van der Waals surface area contributed by atoms with Gasteiger partial charge in [-0.1, -0.05) is 34.1 Å². The number of aliphatic hydroxyl groups is 1. The number of aliphatic hydroxyl groups excluding tert-OH is 1. The van der Waals surface area contributed by atoms with E-state index in [9.17, 15) is 9.90 Å². The standard InChI is InChI=1S/C16H20BrNO2/c1-12(19)14-6-4-10-18(11-14)16(20)9-8-13-5-2-3-7-15(13)17/h2-3,5,7-9,12,14,19H,4,6,10-11H2,1H3/b9-8+. The zero-order valence-corrected chi connectivity index (χ0v) is 13.2. The van der Waals surface area contributed by atoms with Crippen LogP contribution in [0.25, 0.3) is 6.08 Å². The molecule has 20 heavy (non-hydrogen) atoms. The molecule has 1 saturated heterocycles. The number of nitrogens with zero attached hydrogens (tertiary/aromatic N) is 1. The van der Waals surface area contributed by atoms with Gasteiger partial charge in [0.25, 0.3) is 0 Å². The third kappa shape index (κ3) is 3.93. The highest BCUT2D eigenvalue weighted by molar-refractivity contribution is 9.10.